The summed E-state index contributed by atoms with van der Waals surface area (Å²) in [6.07, 6.45) is 4.12. The maximum absolute atomic E-state index is 13.5. The van der Waals surface area contributed by atoms with E-state index in [2.05, 4.69) is 10.0 Å². The molecule has 0 spiro atoms. The van der Waals surface area contributed by atoms with Crippen LogP contribution in [0.15, 0.2) is 53.4 Å². The molecule has 2 N–H and O–H groups in total. The van der Waals surface area contributed by atoms with E-state index in [0.29, 0.717) is 18.2 Å². The van der Waals surface area contributed by atoms with E-state index < -0.39 is 27.6 Å². The van der Waals surface area contributed by atoms with Crippen molar-refractivity contribution in [3.8, 4) is 0 Å². The molecule has 142 valence electrons. The highest BCUT2D eigenvalue weighted by Gasteiger charge is 2.24. The number of halogens is 2. The molecular weight excluding hydrogens is 374 g/mol. The predicted octanol–water partition coefficient (Wildman–Crippen LogP) is 3.31. The molecule has 27 heavy (non-hydrogen) atoms. The molecule has 1 aliphatic rings. The van der Waals surface area contributed by atoms with E-state index in [1.54, 1.807) is 0 Å². The molecule has 1 fully saturated rings. The average molecular weight is 392 g/mol. The molecule has 2 aromatic rings. The summed E-state index contributed by atoms with van der Waals surface area (Å²) in [6, 6.07) is 9.07. The lowest BCUT2D eigenvalue weighted by atomic mass is 10.2. The van der Waals surface area contributed by atoms with Crippen molar-refractivity contribution in [2.24, 2.45) is 5.92 Å². The number of benzene rings is 2. The molecule has 8 heteroatoms. The molecule has 0 saturated heterocycles. The lowest BCUT2D eigenvalue weighted by molar-refractivity contribution is -0.111. The van der Waals surface area contributed by atoms with Crippen LogP contribution in [-0.4, -0.2) is 20.9 Å². The maximum atomic E-state index is 13.5. The molecule has 5 nitrogen and oxygen atoms in total. The van der Waals surface area contributed by atoms with Gasteiger partial charge in [-0.3, -0.25) is 4.79 Å². The fraction of sp³-hybridized carbons (Fsp3) is 0.211. The molecule has 2 aromatic carbocycles. The van der Waals surface area contributed by atoms with Gasteiger partial charge in [0.2, 0.25) is 15.9 Å². The van der Waals surface area contributed by atoms with Crippen molar-refractivity contribution >= 4 is 27.7 Å². The first-order chi connectivity index (χ1) is 12.8. The highest BCUT2D eigenvalue weighted by Crippen LogP contribution is 2.28. The number of carbonyl (C=O) groups is 1. The van der Waals surface area contributed by atoms with Crippen molar-refractivity contribution < 1.29 is 22.0 Å². The molecule has 0 heterocycles. The minimum Gasteiger partial charge on any atom is -0.323 e. The van der Waals surface area contributed by atoms with Gasteiger partial charge >= 0.3 is 0 Å². The largest absolute Gasteiger partial charge is 0.323 e. The fourth-order valence-electron chi connectivity index (χ4n) is 2.36. The highest BCUT2D eigenvalue weighted by atomic mass is 32.2. The molecule has 0 unspecified atom stereocenters. The standard InChI is InChI=1S/C19H18F2N2O3S/c20-17-2-1-3-18(21)16(17)10-11-19(24)23-14-6-8-15(9-7-14)27(25,26)22-12-13-4-5-13/h1-3,6-11,13,22H,4-5,12H2,(H,23,24)/b11-10+. The minimum absolute atomic E-state index is 0.102. The van der Waals surface area contributed by atoms with Gasteiger partial charge in [0.1, 0.15) is 11.6 Å². The third-order valence-corrected chi connectivity index (χ3v) is 5.53. The van der Waals surface area contributed by atoms with Crippen LogP contribution in [0.5, 0.6) is 0 Å². The molecule has 0 bridgehead atoms. The summed E-state index contributed by atoms with van der Waals surface area (Å²) >= 11 is 0. The van der Waals surface area contributed by atoms with Gasteiger partial charge in [0.05, 0.1) is 4.90 Å². The van der Waals surface area contributed by atoms with Crippen molar-refractivity contribution in [1.82, 2.24) is 4.72 Å². The maximum Gasteiger partial charge on any atom is 0.248 e. The van der Waals surface area contributed by atoms with Crippen molar-refractivity contribution in [3.05, 3.63) is 65.7 Å². The van der Waals surface area contributed by atoms with Gasteiger partial charge in [-0.05, 0) is 61.2 Å². The summed E-state index contributed by atoms with van der Waals surface area (Å²) in [7, 11) is -3.58. The molecule has 0 radical (unpaired) electrons. The van der Waals surface area contributed by atoms with Gasteiger partial charge in [-0.1, -0.05) is 6.07 Å². The predicted molar refractivity (Wildman–Crippen MR) is 98.4 cm³/mol. The number of amides is 1. The Hall–Kier alpha value is -2.58. The van der Waals surface area contributed by atoms with E-state index in [9.17, 15) is 22.0 Å². The number of nitrogens with one attached hydrogen (secondary N) is 2. The molecule has 0 atom stereocenters. The normalized spacial score (nSPS) is 14.4. The van der Waals surface area contributed by atoms with E-state index in [4.69, 9.17) is 0 Å². The SMILES string of the molecule is O=C(/C=C/c1c(F)cccc1F)Nc1ccc(S(=O)(=O)NCC2CC2)cc1. The summed E-state index contributed by atoms with van der Waals surface area (Å²) < 4.78 is 53.9. The summed E-state index contributed by atoms with van der Waals surface area (Å²) in [5, 5.41) is 2.50. The first-order valence-electron chi connectivity index (χ1n) is 8.38. The second-order valence-electron chi connectivity index (χ2n) is 6.28. The quantitative estimate of drug-likeness (QED) is 0.710. The third-order valence-electron chi connectivity index (χ3n) is 4.09. The number of hydrogen-bond acceptors (Lipinski definition) is 3. The summed E-state index contributed by atoms with van der Waals surface area (Å²) in [5.74, 6) is -1.72. The summed E-state index contributed by atoms with van der Waals surface area (Å²) in [5.41, 5.74) is 0.0515. The van der Waals surface area contributed by atoms with Gasteiger partial charge in [-0.25, -0.2) is 21.9 Å². The van der Waals surface area contributed by atoms with Gasteiger partial charge < -0.3 is 5.32 Å². The zero-order chi connectivity index (χ0) is 19.4. The molecule has 1 amide bonds. The van der Waals surface area contributed by atoms with Crippen LogP contribution < -0.4 is 10.0 Å². The van der Waals surface area contributed by atoms with Crippen molar-refractivity contribution in [3.63, 3.8) is 0 Å². The lowest BCUT2D eigenvalue weighted by Crippen LogP contribution is -2.25. The number of carbonyl (C=O) groups excluding carboxylic acids is 1. The molecule has 1 aliphatic carbocycles. The Kier molecular flexibility index (Phi) is 5.67. The van der Waals surface area contributed by atoms with Crippen LogP contribution in [0, 0.1) is 17.6 Å². The van der Waals surface area contributed by atoms with Crippen LogP contribution in [0.25, 0.3) is 6.08 Å². The van der Waals surface area contributed by atoms with E-state index in [1.165, 1.54) is 30.3 Å². The Labute approximate surface area is 156 Å². The Balaban J connectivity index is 1.62. The van der Waals surface area contributed by atoms with E-state index in [0.717, 1.165) is 37.1 Å². The second kappa shape index (κ2) is 7.98. The van der Waals surface area contributed by atoms with Crippen LogP contribution in [-0.2, 0) is 14.8 Å². The zero-order valence-electron chi connectivity index (χ0n) is 14.3. The number of sulfonamides is 1. The summed E-state index contributed by atoms with van der Waals surface area (Å²) in [6.45, 7) is 0.429. The van der Waals surface area contributed by atoms with Crippen molar-refractivity contribution in [2.75, 3.05) is 11.9 Å². The van der Waals surface area contributed by atoms with Crippen LogP contribution in [0.4, 0.5) is 14.5 Å². The molecular formula is C19H18F2N2O3S. The van der Waals surface area contributed by atoms with Crippen LogP contribution in [0.3, 0.4) is 0 Å². The van der Waals surface area contributed by atoms with E-state index >= 15 is 0 Å². The van der Waals surface area contributed by atoms with Crippen LogP contribution in [0.2, 0.25) is 0 Å². The topological polar surface area (TPSA) is 75.3 Å². The molecule has 3 rings (SSSR count). The minimum atomic E-state index is -3.58. The first-order valence-corrected chi connectivity index (χ1v) is 9.86. The second-order valence-corrected chi connectivity index (χ2v) is 8.04. The monoisotopic (exact) mass is 392 g/mol. The summed E-state index contributed by atoms with van der Waals surface area (Å²) in [4.78, 5) is 12.0. The Morgan fingerprint density at radius 2 is 1.70 bits per heavy atom. The van der Waals surface area contributed by atoms with Crippen molar-refractivity contribution in [2.45, 2.75) is 17.7 Å². The highest BCUT2D eigenvalue weighted by molar-refractivity contribution is 7.89. The zero-order valence-corrected chi connectivity index (χ0v) is 15.1. The average Bonchev–Trinajstić information content (AvgIpc) is 3.45. The third kappa shape index (κ3) is 5.21. The van der Waals surface area contributed by atoms with Gasteiger partial charge in [-0.15, -0.1) is 0 Å². The number of rotatable bonds is 7. The van der Waals surface area contributed by atoms with E-state index in [1.807, 2.05) is 0 Å². The fourth-order valence-corrected chi connectivity index (χ4v) is 3.48. The molecule has 1 saturated carbocycles. The Morgan fingerprint density at radius 3 is 2.30 bits per heavy atom. The first kappa shape index (κ1) is 19.2. The van der Waals surface area contributed by atoms with E-state index in [-0.39, 0.29) is 10.5 Å². The Bertz CT molecular complexity index is 949. The van der Waals surface area contributed by atoms with Gasteiger partial charge in [-0.2, -0.15) is 0 Å². The van der Waals surface area contributed by atoms with Crippen LogP contribution >= 0.6 is 0 Å². The lowest BCUT2D eigenvalue weighted by Gasteiger charge is -2.07. The van der Waals surface area contributed by atoms with Gasteiger partial charge in [0.25, 0.3) is 0 Å². The van der Waals surface area contributed by atoms with Gasteiger partial charge in [0.15, 0.2) is 0 Å². The van der Waals surface area contributed by atoms with Crippen LogP contribution in [0.1, 0.15) is 18.4 Å². The van der Waals surface area contributed by atoms with Crippen molar-refractivity contribution in [1.29, 1.82) is 0 Å². The smallest absolute Gasteiger partial charge is 0.248 e. The number of hydrogen-bond donors (Lipinski definition) is 2. The molecule has 0 aliphatic heterocycles. The Morgan fingerprint density at radius 1 is 1.07 bits per heavy atom. The number of anilines is 1. The van der Waals surface area contributed by atoms with Gasteiger partial charge in [0, 0.05) is 23.9 Å². The molecule has 0 aromatic heterocycles.